The highest BCUT2D eigenvalue weighted by Gasteiger charge is 2.22. The van der Waals surface area contributed by atoms with Crippen LogP contribution < -0.4 is 0 Å². The topological polar surface area (TPSA) is 79.5 Å². The molecule has 2 heterocycles. The second-order valence-corrected chi connectivity index (χ2v) is 5.97. The van der Waals surface area contributed by atoms with E-state index in [2.05, 4.69) is 10.1 Å². The van der Waals surface area contributed by atoms with Gasteiger partial charge >= 0.3 is 0 Å². The standard InChI is InChI=1S/C16H26N4O3/c1-3-19(11-14-17-13(2)23-18-14)16(22)12-20-10-8-6-4-5-7-9-15(20)21/h3-12H2,1-2H3. The Morgan fingerprint density at radius 2 is 2.00 bits per heavy atom. The molecule has 0 saturated carbocycles. The third kappa shape index (κ3) is 5.33. The van der Waals surface area contributed by atoms with Crippen LogP contribution in [0, 0.1) is 6.92 Å². The molecule has 1 aliphatic heterocycles. The van der Waals surface area contributed by atoms with Crippen molar-refractivity contribution < 1.29 is 14.1 Å². The van der Waals surface area contributed by atoms with Crippen LogP contribution in [0.2, 0.25) is 0 Å². The molecule has 23 heavy (non-hydrogen) atoms. The Bertz CT molecular complexity index is 529. The summed E-state index contributed by atoms with van der Waals surface area (Å²) in [6.45, 7) is 5.30. The number of hydrogen-bond donors (Lipinski definition) is 0. The summed E-state index contributed by atoms with van der Waals surface area (Å²) in [5, 5.41) is 3.83. The number of aromatic nitrogens is 2. The summed E-state index contributed by atoms with van der Waals surface area (Å²) >= 11 is 0. The summed E-state index contributed by atoms with van der Waals surface area (Å²) in [5.74, 6) is 1.00. The van der Waals surface area contributed by atoms with Crippen LogP contribution in [-0.2, 0) is 16.1 Å². The minimum Gasteiger partial charge on any atom is -0.340 e. The molecule has 0 unspecified atom stereocenters. The highest BCUT2D eigenvalue weighted by Crippen LogP contribution is 2.12. The van der Waals surface area contributed by atoms with E-state index in [0.29, 0.717) is 37.8 Å². The molecular formula is C16H26N4O3. The lowest BCUT2D eigenvalue weighted by molar-refractivity contribution is -0.140. The molecule has 128 valence electrons. The Hall–Kier alpha value is -1.92. The first kappa shape index (κ1) is 17.4. The molecule has 0 aromatic carbocycles. The molecule has 7 heteroatoms. The maximum absolute atomic E-state index is 12.5. The van der Waals surface area contributed by atoms with E-state index in [0.717, 1.165) is 25.7 Å². The smallest absolute Gasteiger partial charge is 0.242 e. The Labute approximate surface area is 137 Å². The van der Waals surface area contributed by atoms with E-state index in [4.69, 9.17) is 4.52 Å². The average Bonchev–Trinajstić information content (AvgIpc) is 2.97. The summed E-state index contributed by atoms with van der Waals surface area (Å²) in [5.41, 5.74) is 0. The van der Waals surface area contributed by atoms with E-state index >= 15 is 0 Å². The summed E-state index contributed by atoms with van der Waals surface area (Å²) < 4.78 is 4.94. The highest BCUT2D eigenvalue weighted by molar-refractivity contribution is 5.84. The Morgan fingerprint density at radius 1 is 1.26 bits per heavy atom. The second kappa shape index (κ2) is 8.64. The second-order valence-electron chi connectivity index (χ2n) is 5.97. The van der Waals surface area contributed by atoms with Gasteiger partial charge in [0.15, 0.2) is 5.82 Å². The van der Waals surface area contributed by atoms with E-state index in [1.54, 1.807) is 16.7 Å². The predicted octanol–water partition coefficient (Wildman–Crippen LogP) is 1.91. The fourth-order valence-corrected chi connectivity index (χ4v) is 2.78. The Morgan fingerprint density at radius 3 is 2.70 bits per heavy atom. The average molecular weight is 322 g/mol. The van der Waals surface area contributed by atoms with Crippen LogP contribution in [0.5, 0.6) is 0 Å². The van der Waals surface area contributed by atoms with Crippen molar-refractivity contribution in [3.63, 3.8) is 0 Å². The van der Waals surface area contributed by atoms with E-state index in [1.807, 2.05) is 6.92 Å². The number of likely N-dealkylation sites (N-methyl/N-ethyl adjacent to an activating group) is 1. The van der Waals surface area contributed by atoms with Crippen molar-refractivity contribution in [2.24, 2.45) is 0 Å². The SMILES string of the molecule is CCN(Cc1noc(C)n1)C(=O)CN1CCCCCCCC1=O. The number of carbonyl (C=O) groups is 2. The molecule has 0 atom stereocenters. The molecular weight excluding hydrogens is 296 g/mol. The minimum atomic E-state index is -0.0671. The number of aryl methyl sites for hydroxylation is 1. The lowest BCUT2D eigenvalue weighted by atomic mass is 10.1. The Kier molecular flexibility index (Phi) is 6.55. The number of hydrogen-bond acceptors (Lipinski definition) is 5. The van der Waals surface area contributed by atoms with Crippen LogP contribution in [-0.4, -0.2) is 51.4 Å². The van der Waals surface area contributed by atoms with Crippen molar-refractivity contribution in [3.05, 3.63) is 11.7 Å². The van der Waals surface area contributed by atoms with E-state index in [-0.39, 0.29) is 18.4 Å². The molecule has 1 fully saturated rings. The zero-order valence-electron chi connectivity index (χ0n) is 14.1. The van der Waals surface area contributed by atoms with Crippen LogP contribution in [0.15, 0.2) is 4.52 Å². The van der Waals surface area contributed by atoms with Gasteiger partial charge in [-0.15, -0.1) is 0 Å². The van der Waals surface area contributed by atoms with Crippen molar-refractivity contribution in [1.82, 2.24) is 19.9 Å². The van der Waals surface area contributed by atoms with Gasteiger partial charge < -0.3 is 14.3 Å². The summed E-state index contributed by atoms with van der Waals surface area (Å²) in [7, 11) is 0. The molecule has 2 rings (SSSR count). The molecule has 0 spiro atoms. The molecule has 7 nitrogen and oxygen atoms in total. The fourth-order valence-electron chi connectivity index (χ4n) is 2.78. The van der Waals surface area contributed by atoms with Crippen molar-refractivity contribution in [2.75, 3.05) is 19.6 Å². The lowest BCUT2D eigenvalue weighted by Crippen LogP contribution is -2.43. The van der Waals surface area contributed by atoms with Crippen molar-refractivity contribution in [2.45, 2.75) is 58.9 Å². The van der Waals surface area contributed by atoms with Crippen LogP contribution in [0.4, 0.5) is 0 Å². The number of carbonyl (C=O) groups excluding carboxylic acids is 2. The molecule has 0 radical (unpaired) electrons. The predicted molar refractivity (Wildman–Crippen MR) is 84.4 cm³/mol. The molecule has 0 aliphatic carbocycles. The largest absolute Gasteiger partial charge is 0.340 e. The number of rotatable bonds is 5. The van der Waals surface area contributed by atoms with Gasteiger partial charge in [0.25, 0.3) is 0 Å². The highest BCUT2D eigenvalue weighted by atomic mass is 16.5. The summed E-state index contributed by atoms with van der Waals surface area (Å²) in [4.78, 5) is 32.3. The quantitative estimate of drug-likeness (QED) is 0.827. The van der Waals surface area contributed by atoms with E-state index < -0.39 is 0 Å². The monoisotopic (exact) mass is 322 g/mol. The van der Waals surface area contributed by atoms with Crippen LogP contribution in [0.3, 0.4) is 0 Å². The van der Waals surface area contributed by atoms with Gasteiger partial charge in [-0.05, 0) is 19.8 Å². The number of nitrogens with zero attached hydrogens (tertiary/aromatic N) is 4. The molecule has 1 saturated heterocycles. The molecule has 1 aliphatic rings. The normalized spacial score (nSPS) is 16.6. The van der Waals surface area contributed by atoms with Gasteiger partial charge in [-0.1, -0.05) is 24.4 Å². The van der Waals surface area contributed by atoms with Crippen LogP contribution >= 0.6 is 0 Å². The zero-order valence-corrected chi connectivity index (χ0v) is 14.1. The third-order valence-electron chi connectivity index (χ3n) is 4.13. The summed E-state index contributed by atoms with van der Waals surface area (Å²) in [6, 6.07) is 0. The van der Waals surface area contributed by atoms with Gasteiger partial charge in [0.1, 0.15) is 0 Å². The van der Waals surface area contributed by atoms with Crippen LogP contribution in [0.1, 0.15) is 57.2 Å². The van der Waals surface area contributed by atoms with E-state index in [1.165, 1.54) is 6.42 Å². The molecule has 1 aromatic rings. The van der Waals surface area contributed by atoms with Gasteiger partial charge in [-0.2, -0.15) is 4.98 Å². The Balaban J connectivity index is 1.94. The molecule has 0 bridgehead atoms. The van der Waals surface area contributed by atoms with Crippen molar-refractivity contribution in [3.8, 4) is 0 Å². The lowest BCUT2D eigenvalue weighted by Gasteiger charge is -2.26. The summed E-state index contributed by atoms with van der Waals surface area (Å²) in [6.07, 6.45) is 5.83. The van der Waals surface area contributed by atoms with E-state index in [9.17, 15) is 9.59 Å². The first-order chi connectivity index (χ1) is 11.1. The first-order valence-electron chi connectivity index (χ1n) is 8.45. The van der Waals surface area contributed by atoms with Crippen molar-refractivity contribution >= 4 is 11.8 Å². The zero-order chi connectivity index (χ0) is 16.7. The molecule has 1 aromatic heterocycles. The maximum Gasteiger partial charge on any atom is 0.242 e. The number of amides is 2. The van der Waals surface area contributed by atoms with Gasteiger partial charge in [0, 0.05) is 26.4 Å². The fraction of sp³-hybridized carbons (Fsp3) is 0.750. The molecule has 0 N–H and O–H groups in total. The van der Waals surface area contributed by atoms with Gasteiger partial charge in [-0.25, -0.2) is 0 Å². The van der Waals surface area contributed by atoms with Crippen molar-refractivity contribution in [1.29, 1.82) is 0 Å². The van der Waals surface area contributed by atoms with Gasteiger partial charge in [0.05, 0.1) is 13.1 Å². The first-order valence-corrected chi connectivity index (χ1v) is 8.45. The van der Waals surface area contributed by atoms with Crippen LogP contribution in [0.25, 0.3) is 0 Å². The van der Waals surface area contributed by atoms with Gasteiger partial charge in [-0.3, -0.25) is 9.59 Å². The molecule has 2 amide bonds. The maximum atomic E-state index is 12.5. The van der Waals surface area contributed by atoms with Gasteiger partial charge in [0.2, 0.25) is 17.7 Å². The third-order valence-corrected chi connectivity index (χ3v) is 4.13. The minimum absolute atomic E-state index is 0.0671.